The molecule has 0 radical (unpaired) electrons. The Hall–Kier alpha value is -2.81. The molecule has 1 N–H and O–H groups in total. The molecular formula is C18H17F2NO5S. The number of halogens is 2. The summed E-state index contributed by atoms with van der Waals surface area (Å²) in [5.74, 6) is -3.85. The fourth-order valence-electron chi connectivity index (χ4n) is 2.08. The second kappa shape index (κ2) is 8.72. The monoisotopic (exact) mass is 397 g/mol. The average molecular weight is 397 g/mol. The number of sulfone groups is 1. The predicted molar refractivity (Wildman–Crippen MR) is 93.8 cm³/mol. The molecule has 0 atom stereocenters. The number of carbonyl (C=O) groups excluding carboxylic acids is 2. The SMILES string of the molecule is Cc1ccc(S(=O)(=O)CCC(=O)OCC(=O)Nc2cc(F)ccc2F)cc1. The van der Waals surface area contributed by atoms with Crippen molar-refractivity contribution in [3.05, 3.63) is 59.7 Å². The average Bonchev–Trinajstić information content (AvgIpc) is 2.62. The molecule has 2 rings (SSSR count). The van der Waals surface area contributed by atoms with Gasteiger partial charge in [-0.2, -0.15) is 0 Å². The minimum Gasteiger partial charge on any atom is -0.456 e. The number of rotatable bonds is 7. The Morgan fingerprint density at radius 1 is 1.07 bits per heavy atom. The first-order valence-corrected chi connectivity index (χ1v) is 9.52. The van der Waals surface area contributed by atoms with Gasteiger partial charge in [-0.3, -0.25) is 9.59 Å². The van der Waals surface area contributed by atoms with Crippen molar-refractivity contribution >= 4 is 27.4 Å². The Bertz CT molecular complexity index is 943. The Kier molecular flexibility index (Phi) is 6.62. The van der Waals surface area contributed by atoms with Crippen molar-refractivity contribution < 1.29 is 31.5 Å². The molecule has 0 saturated carbocycles. The Labute approximate surface area is 155 Å². The van der Waals surface area contributed by atoms with Gasteiger partial charge in [0.25, 0.3) is 5.91 Å². The zero-order valence-corrected chi connectivity index (χ0v) is 15.2. The second-order valence-electron chi connectivity index (χ2n) is 5.71. The summed E-state index contributed by atoms with van der Waals surface area (Å²) >= 11 is 0. The van der Waals surface area contributed by atoms with Crippen LogP contribution < -0.4 is 5.32 Å². The van der Waals surface area contributed by atoms with E-state index in [9.17, 15) is 26.8 Å². The van der Waals surface area contributed by atoms with E-state index in [1.807, 2.05) is 6.92 Å². The predicted octanol–water partition coefficient (Wildman–Crippen LogP) is 2.62. The van der Waals surface area contributed by atoms with Gasteiger partial charge in [-0.25, -0.2) is 17.2 Å². The summed E-state index contributed by atoms with van der Waals surface area (Å²) in [6, 6.07) is 8.67. The van der Waals surface area contributed by atoms with Gasteiger partial charge in [0.15, 0.2) is 16.4 Å². The zero-order valence-electron chi connectivity index (χ0n) is 14.4. The highest BCUT2D eigenvalue weighted by molar-refractivity contribution is 7.91. The lowest BCUT2D eigenvalue weighted by Crippen LogP contribution is -2.22. The van der Waals surface area contributed by atoms with Gasteiger partial charge in [-0.05, 0) is 31.2 Å². The first-order chi connectivity index (χ1) is 12.7. The van der Waals surface area contributed by atoms with Crippen LogP contribution in [-0.2, 0) is 24.2 Å². The molecule has 0 unspecified atom stereocenters. The van der Waals surface area contributed by atoms with Crippen LogP contribution in [0.25, 0.3) is 0 Å². The van der Waals surface area contributed by atoms with Crippen LogP contribution in [0.1, 0.15) is 12.0 Å². The molecule has 2 aromatic carbocycles. The van der Waals surface area contributed by atoms with Crippen molar-refractivity contribution in [1.29, 1.82) is 0 Å². The topological polar surface area (TPSA) is 89.5 Å². The van der Waals surface area contributed by atoms with Gasteiger partial charge in [0.1, 0.15) is 11.6 Å². The smallest absolute Gasteiger partial charge is 0.307 e. The van der Waals surface area contributed by atoms with Gasteiger partial charge in [0.2, 0.25) is 0 Å². The molecule has 0 bridgehead atoms. The number of amides is 1. The molecule has 0 spiro atoms. The number of ether oxygens (including phenoxy) is 1. The number of benzene rings is 2. The Morgan fingerprint density at radius 3 is 2.41 bits per heavy atom. The van der Waals surface area contributed by atoms with E-state index in [2.05, 4.69) is 10.1 Å². The van der Waals surface area contributed by atoms with Gasteiger partial charge in [-0.1, -0.05) is 17.7 Å². The quantitative estimate of drug-likeness (QED) is 0.726. The van der Waals surface area contributed by atoms with Crippen molar-refractivity contribution in [2.75, 3.05) is 17.7 Å². The highest BCUT2D eigenvalue weighted by atomic mass is 32.2. The van der Waals surface area contributed by atoms with Gasteiger partial charge in [0, 0.05) is 6.07 Å². The van der Waals surface area contributed by atoms with Gasteiger partial charge < -0.3 is 10.1 Å². The molecule has 0 saturated heterocycles. The summed E-state index contributed by atoms with van der Waals surface area (Å²) < 4.78 is 55.4. The molecule has 0 aliphatic heterocycles. The number of aryl methyl sites for hydroxylation is 1. The molecule has 0 aromatic heterocycles. The summed E-state index contributed by atoms with van der Waals surface area (Å²) in [6.45, 7) is 1.06. The molecule has 0 aliphatic carbocycles. The minimum absolute atomic E-state index is 0.0835. The molecule has 144 valence electrons. The third-order valence-electron chi connectivity index (χ3n) is 3.52. The lowest BCUT2D eigenvalue weighted by atomic mass is 10.2. The number of anilines is 1. The van der Waals surface area contributed by atoms with Gasteiger partial charge >= 0.3 is 5.97 Å². The van der Waals surface area contributed by atoms with E-state index in [0.717, 1.165) is 23.8 Å². The highest BCUT2D eigenvalue weighted by Crippen LogP contribution is 2.15. The Balaban J connectivity index is 1.82. The fourth-order valence-corrected chi connectivity index (χ4v) is 3.30. The van der Waals surface area contributed by atoms with E-state index in [0.29, 0.717) is 0 Å². The molecule has 9 heteroatoms. The lowest BCUT2D eigenvalue weighted by Gasteiger charge is -2.08. The molecule has 2 aromatic rings. The fraction of sp³-hybridized carbons (Fsp3) is 0.222. The van der Waals surface area contributed by atoms with Crippen molar-refractivity contribution in [2.45, 2.75) is 18.2 Å². The van der Waals surface area contributed by atoms with Crippen molar-refractivity contribution in [1.82, 2.24) is 0 Å². The Morgan fingerprint density at radius 2 is 1.74 bits per heavy atom. The van der Waals surface area contributed by atoms with E-state index in [1.54, 1.807) is 12.1 Å². The van der Waals surface area contributed by atoms with Crippen LogP contribution in [0.4, 0.5) is 14.5 Å². The maximum atomic E-state index is 13.4. The number of hydrogen-bond acceptors (Lipinski definition) is 5. The van der Waals surface area contributed by atoms with E-state index in [1.165, 1.54) is 12.1 Å². The van der Waals surface area contributed by atoms with Crippen LogP contribution in [0.5, 0.6) is 0 Å². The number of carbonyl (C=O) groups is 2. The van der Waals surface area contributed by atoms with E-state index < -0.39 is 57.8 Å². The van der Waals surface area contributed by atoms with Crippen LogP contribution in [0.2, 0.25) is 0 Å². The van der Waals surface area contributed by atoms with Crippen LogP contribution >= 0.6 is 0 Å². The lowest BCUT2D eigenvalue weighted by molar-refractivity contribution is -0.146. The second-order valence-corrected chi connectivity index (χ2v) is 7.82. The summed E-state index contributed by atoms with van der Waals surface area (Å²) in [5, 5.41) is 2.06. The highest BCUT2D eigenvalue weighted by Gasteiger charge is 2.18. The summed E-state index contributed by atoms with van der Waals surface area (Å²) in [4.78, 5) is 23.4. The van der Waals surface area contributed by atoms with Crippen molar-refractivity contribution in [3.63, 3.8) is 0 Å². The van der Waals surface area contributed by atoms with Gasteiger partial charge in [0.05, 0.1) is 22.8 Å². The molecule has 0 fully saturated rings. The van der Waals surface area contributed by atoms with Crippen LogP contribution in [0.3, 0.4) is 0 Å². The summed E-state index contributed by atoms with van der Waals surface area (Å²) in [5.41, 5.74) is 0.507. The van der Waals surface area contributed by atoms with Crippen LogP contribution in [0.15, 0.2) is 47.4 Å². The van der Waals surface area contributed by atoms with E-state index in [-0.39, 0.29) is 4.90 Å². The van der Waals surface area contributed by atoms with Gasteiger partial charge in [-0.15, -0.1) is 0 Å². The van der Waals surface area contributed by atoms with E-state index in [4.69, 9.17) is 0 Å². The maximum absolute atomic E-state index is 13.4. The van der Waals surface area contributed by atoms with Crippen LogP contribution in [-0.4, -0.2) is 32.7 Å². The normalized spacial score (nSPS) is 11.1. The first kappa shape index (κ1) is 20.5. The maximum Gasteiger partial charge on any atom is 0.307 e. The third-order valence-corrected chi connectivity index (χ3v) is 5.25. The van der Waals surface area contributed by atoms with Crippen molar-refractivity contribution in [3.8, 4) is 0 Å². The summed E-state index contributed by atoms with van der Waals surface area (Å²) in [7, 11) is -3.66. The number of esters is 1. The van der Waals surface area contributed by atoms with E-state index >= 15 is 0 Å². The van der Waals surface area contributed by atoms with Crippen molar-refractivity contribution in [2.24, 2.45) is 0 Å². The number of nitrogens with one attached hydrogen (secondary N) is 1. The molecular weight excluding hydrogens is 380 g/mol. The molecule has 0 heterocycles. The minimum atomic E-state index is -3.66. The summed E-state index contributed by atoms with van der Waals surface area (Å²) in [6.07, 6.45) is -0.447. The molecule has 27 heavy (non-hydrogen) atoms. The molecule has 6 nitrogen and oxygen atoms in total. The first-order valence-electron chi connectivity index (χ1n) is 7.87. The van der Waals surface area contributed by atoms with Crippen LogP contribution in [0, 0.1) is 18.6 Å². The molecule has 1 amide bonds. The zero-order chi connectivity index (χ0) is 20.0. The standard InChI is InChI=1S/C18H17F2NO5S/c1-12-2-5-14(6-3-12)27(24,25)9-8-18(23)26-11-17(22)21-16-10-13(19)4-7-15(16)20/h2-7,10H,8-9,11H2,1H3,(H,21,22). The molecule has 0 aliphatic rings. The number of hydrogen-bond donors (Lipinski definition) is 1. The largest absolute Gasteiger partial charge is 0.456 e. The third kappa shape index (κ3) is 6.14.